The lowest BCUT2D eigenvalue weighted by molar-refractivity contribution is 0.281. The van der Waals surface area contributed by atoms with E-state index in [2.05, 4.69) is 34.8 Å². The first-order valence-corrected chi connectivity index (χ1v) is 5.33. The van der Waals surface area contributed by atoms with E-state index >= 15 is 0 Å². The normalized spacial score (nSPS) is 10.7. The maximum absolute atomic E-state index is 9.19. The summed E-state index contributed by atoms with van der Waals surface area (Å²) in [6.07, 6.45) is 1.74. The fourth-order valence-corrected chi connectivity index (χ4v) is 1.53. The second-order valence-electron chi connectivity index (χ2n) is 3.50. The van der Waals surface area contributed by atoms with E-state index < -0.39 is 0 Å². The number of aliphatic hydroxyl groups excluding tert-OH is 1. The Morgan fingerprint density at radius 2 is 2.21 bits per heavy atom. The second kappa shape index (κ2) is 4.75. The molecule has 0 fully saturated rings. The second-order valence-corrected chi connectivity index (χ2v) is 4.41. The topological polar surface area (TPSA) is 36.4 Å². The number of hydrogen-bond acceptors (Lipinski definition) is 3. The zero-order chi connectivity index (χ0) is 10.7. The van der Waals surface area contributed by atoms with Gasteiger partial charge in [-0.1, -0.05) is 0 Å². The molecule has 14 heavy (non-hydrogen) atoms. The molecule has 0 aliphatic heterocycles. The Labute approximate surface area is 92.9 Å². The smallest absolute Gasteiger partial charge is 0.134 e. The highest BCUT2D eigenvalue weighted by atomic mass is 79.9. The van der Waals surface area contributed by atoms with Gasteiger partial charge in [0.05, 0.1) is 6.61 Å². The standard InChI is InChI=1S/C10H15BrN2O/c1-7(2)13(3)10-8(6-14)4-9(11)5-12-10/h4-5,7,14H,6H2,1-3H3. The molecule has 0 spiro atoms. The summed E-state index contributed by atoms with van der Waals surface area (Å²) >= 11 is 3.33. The van der Waals surface area contributed by atoms with Crippen LogP contribution in [0.3, 0.4) is 0 Å². The van der Waals surface area contributed by atoms with Crippen LogP contribution in [0, 0.1) is 0 Å². The van der Waals surface area contributed by atoms with Gasteiger partial charge in [-0.15, -0.1) is 0 Å². The van der Waals surface area contributed by atoms with Gasteiger partial charge < -0.3 is 10.0 Å². The van der Waals surface area contributed by atoms with E-state index in [-0.39, 0.29) is 6.61 Å². The van der Waals surface area contributed by atoms with E-state index in [0.717, 1.165) is 15.9 Å². The predicted octanol–water partition coefficient (Wildman–Crippen LogP) is 2.18. The van der Waals surface area contributed by atoms with Gasteiger partial charge in [0.25, 0.3) is 0 Å². The molecule has 1 rings (SSSR count). The molecule has 1 heterocycles. The Hall–Kier alpha value is -0.610. The number of anilines is 1. The summed E-state index contributed by atoms with van der Waals surface area (Å²) in [6, 6.07) is 2.26. The Morgan fingerprint density at radius 1 is 1.57 bits per heavy atom. The summed E-state index contributed by atoms with van der Waals surface area (Å²) < 4.78 is 0.891. The van der Waals surface area contributed by atoms with Crippen molar-refractivity contribution in [2.45, 2.75) is 26.5 Å². The first-order chi connectivity index (χ1) is 6.56. The number of halogens is 1. The van der Waals surface area contributed by atoms with Crippen molar-refractivity contribution < 1.29 is 5.11 Å². The molecule has 4 heteroatoms. The lowest BCUT2D eigenvalue weighted by atomic mass is 10.2. The van der Waals surface area contributed by atoms with Crippen molar-refractivity contribution in [1.82, 2.24) is 4.98 Å². The number of nitrogens with zero attached hydrogens (tertiary/aromatic N) is 2. The van der Waals surface area contributed by atoms with Crippen molar-refractivity contribution in [3.63, 3.8) is 0 Å². The number of aliphatic hydroxyl groups is 1. The van der Waals surface area contributed by atoms with E-state index in [1.807, 2.05) is 18.0 Å². The van der Waals surface area contributed by atoms with E-state index in [1.165, 1.54) is 0 Å². The third-order valence-electron chi connectivity index (χ3n) is 2.19. The molecular weight excluding hydrogens is 244 g/mol. The van der Waals surface area contributed by atoms with E-state index in [9.17, 15) is 5.11 Å². The number of aromatic nitrogens is 1. The molecule has 0 bridgehead atoms. The highest BCUT2D eigenvalue weighted by Gasteiger charge is 2.11. The third-order valence-corrected chi connectivity index (χ3v) is 2.62. The molecule has 0 saturated carbocycles. The van der Waals surface area contributed by atoms with Crippen molar-refractivity contribution in [3.8, 4) is 0 Å². The van der Waals surface area contributed by atoms with Gasteiger partial charge in [-0.2, -0.15) is 0 Å². The summed E-state index contributed by atoms with van der Waals surface area (Å²) in [5.41, 5.74) is 0.843. The number of rotatable bonds is 3. The zero-order valence-corrected chi connectivity index (χ0v) is 10.2. The van der Waals surface area contributed by atoms with Crippen LogP contribution in [0.1, 0.15) is 19.4 Å². The van der Waals surface area contributed by atoms with Crippen molar-refractivity contribution in [3.05, 3.63) is 22.3 Å². The summed E-state index contributed by atoms with van der Waals surface area (Å²) in [4.78, 5) is 6.33. The molecule has 0 aliphatic carbocycles. The quantitative estimate of drug-likeness (QED) is 0.903. The van der Waals surface area contributed by atoms with Gasteiger partial charge in [0.1, 0.15) is 5.82 Å². The van der Waals surface area contributed by atoms with Gasteiger partial charge in [0.2, 0.25) is 0 Å². The fourth-order valence-electron chi connectivity index (χ4n) is 1.15. The summed E-state index contributed by atoms with van der Waals surface area (Å²) in [6.45, 7) is 4.19. The third kappa shape index (κ3) is 2.45. The van der Waals surface area contributed by atoms with Crippen LogP contribution in [0.4, 0.5) is 5.82 Å². The van der Waals surface area contributed by atoms with Crippen LogP contribution in [0.5, 0.6) is 0 Å². The van der Waals surface area contributed by atoms with Gasteiger partial charge in [-0.25, -0.2) is 4.98 Å². The van der Waals surface area contributed by atoms with Crippen LogP contribution >= 0.6 is 15.9 Å². The molecule has 0 saturated heterocycles. The molecule has 0 aromatic carbocycles. The summed E-state index contributed by atoms with van der Waals surface area (Å²) in [5, 5.41) is 9.19. The lowest BCUT2D eigenvalue weighted by Crippen LogP contribution is -2.27. The van der Waals surface area contributed by atoms with Gasteiger partial charge in [0, 0.05) is 29.3 Å². The molecule has 0 radical (unpaired) electrons. The molecule has 0 aliphatic rings. The van der Waals surface area contributed by atoms with Crippen LogP contribution in [0.15, 0.2) is 16.7 Å². The van der Waals surface area contributed by atoms with Crippen molar-refractivity contribution >= 4 is 21.7 Å². The van der Waals surface area contributed by atoms with Crippen molar-refractivity contribution in [2.24, 2.45) is 0 Å². The lowest BCUT2D eigenvalue weighted by Gasteiger charge is -2.24. The Balaban J connectivity index is 3.07. The molecule has 0 unspecified atom stereocenters. The zero-order valence-electron chi connectivity index (χ0n) is 8.66. The number of pyridine rings is 1. The Bertz CT molecular complexity index is 315. The monoisotopic (exact) mass is 258 g/mol. The number of hydrogen-bond donors (Lipinski definition) is 1. The van der Waals surface area contributed by atoms with Crippen LogP contribution in [-0.2, 0) is 6.61 Å². The Morgan fingerprint density at radius 3 is 2.71 bits per heavy atom. The minimum Gasteiger partial charge on any atom is -0.392 e. The molecule has 3 nitrogen and oxygen atoms in total. The summed E-state index contributed by atoms with van der Waals surface area (Å²) in [5.74, 6) is 0.839. The highest BCUT2D eigenvalue weighted by molar-refractivity contribution is 9.10. The van der Waals surface area contributed by atoms with Crippen LogP contribution in [0.25, 0.3) is 0 Å². The molecule has 0 amide bonds. The van der Waals surface area contributed by atoms with Crippen molar-refractivity contribution in [1.29, 1.82) is 0 Å². The first kappa shape index (κ1) is 11.5. The Kier molecular flexibility index (Phi) is 3.89. The van der Waals surface area contributed by atoms with Crippen LogP contribution < -0.4 is 4.90 Å². The molecular formula is C10H15BrN2O. The predicted molar refractivity (Wildman–Crippen MR) is 61.4 cm³/mol. The SMILES string of the molecule is CC(C)N(C)c1ncc(Br)cc1CO. The largest absolute Gasteiger partial charge is 0.392 e. The van der Waals surface area contributed by atoms with Crippen LogP contribution in [-0.4, -0.2) is 23.2 Å². The first-order valence-electron chi connectivity index (χ1n) is 4.54. The molecule has 78 valence electrons. The molecule has 1 N–H and O–H groups in total. The maximum Gasteiger partial charge on any atom is 0.134 e. The fraction of sp³-hybridized carbons (Fsp3) is 0.500. The van der Waals surface area contributed by atoms with E-state index in [4.69, 9.17) is 0 Å². The van der Waals surface area contributed by atoms with Gasteiger partial charge in [-0.3, -0.25) is 0 Å². The average Bonchev–Trinajstić information content (AvgIpc) is 2.16. The van der Waals surface area contributed by atoms with Crippen molar-refractivity contribution in [2.75, 3.05) is 11.9 Å². The highest BCUT2D eigenvalue weighted by Crippen LogP contribution is 2.21. The average molecular weight is 259 g/mol. The van der Waals surface area contributed by atoms with Gasteiger partial charge >= 0.3 is 0 Å². The molecule has 1 aromatic heterocycles. The minimum absolute atomic E-state index is 0.0127. The van der Waals surface area contributed by atoms with E-state index in [0.29, 0.717) is 6.04 Å². The van der Waals surface area contributed by atoms with E-state index in [1.54, 1.807) is 6.20 Å². The van der Waals surface area contributed by atoms with Gasteiger partial charge in [-0.05, 0) is 35.8 Å². The minimum atomic E-state index is 0.0127. The van der Waals surface area contributed by atoms with Gasteiger partial charge in [0.15, 0.2) is 0 Å². The van der Waals surface area contributed by atoms with Crippen LogP contribution in [0.2, 0.25) is 0 Å². The molecule has 1 aromatic rings. The maximum atomic E-state index is 9.19. The summed E-state index contributed by atoms with van der Waals surface area (Å²) in [7, 11) is 1.97. The molecule has 0 atom stereocenters.